The molecule has 12 amide bonds. The number of amides is 12. The Hall–Kier alpha value is -6.74. The van der Waals surface area contributed by atoms with Gasteiger partial charge in [0.2, 0.25) is 70.9 Å². The van der Waals surface area contributed by atoms with Crippen molar-refractivity contribution in [2.24, 2.45) is 35.5 Å². The van der Waals surface area contributed by atoms with E-state index in [1.54, 1.807) is 60.6 Å². The molecule has 1 aliphatic rings. The fourth-order valence-electron chi connectivity index (χ4n) is 11.2. The van der Waals surface area contributed by atoms with Crippen LogP contribution in [0.5, 0.6) is 0 Å². The predicted molar refractivity (Wildman–Crippen MR) is 348 cm³/mol. The Morgan fingerprint density at radius 3 is 1.51 bits per heavy atom. The van der Waals surface area contributed by atoms with Crippen molar-refractivity contribution in [1.82, 2.24) is 60.6 Å². The van der Waals surface area contributed by atoms with Gasteiger partial charge >= 0.3 is 0 Å². The molecule has 1 saturated heterocycles. The molecule has 0 aromatic rings. The van der Waals surface area contributed by atoms with E-state index >= 15 is 9.59 Å². The van der Waals surface area contributed by atoms with Gasteiger partial charge in [0, 0.05) is 69.4 Å². The number of rotatable bonds is 19. The zero-order valence-corrected chi connectivity index (χ0v) is 59.7. The molecule has 1 fully saturated rings. The highest BCUT2D eigenvalue weighted by molar-refractivity contribution is 5.99. The lowest BCUT2D eigenvalue weighted by Gasteiger charge is -2.41. The van der Waals surface area contributed by atoms with Crippen LogP contribution in [0.25, 0.3) is 0 Å². The summed E-state index contributed by atoms with van der Waals surface area (Å²) in [6, 6.07) is -13.3. The SMILES string of the molecule is C/C=C/C[C@@H](C)[C@@H](O)[C@@H]1C(=O)N[C@@H](CC)C(=O)N(C)CC(=O)N(C)[C@@H]([C@@H](C)OCCCC(=O)N(C)O)C(=O)N[C@@H](C(C)C)C(=O)N(C)[C@@H](CC(C)C)C(=O)N[C@@H](C)C(=O)N[C@H](C)C(=O)N(C)[C@@H](CC(C)C)C(=O)N(C)[C@@H](CC(C)C)C(=O)N(C)[C@@H](C(C)C)C(=O)N1C. The number of aliphatic hydroxyl groups is 1. The lowest BCUT2D eigenvalue weighted by atomic mass is 9.91. The van der Waals surface area contributed by atoms with E-state index in [2.05, 4.69) is 21.3 Å². The number of allylic oxidation sites excluding steroid dienone is 2. The van der Waals surface area contributed by atoms with Gasteiger partial charge in [-0.05, 0) is 102 Å². The van der Waals surface area contributed by atoms with E-state index in [9.17, 15) is 58.3 Å². The van der Waals surface area contributed by atoms with Crippen LogP contribution in [0, 0.1) is 35.5 Å². The van der Waals surface area contributed by atoms with Crippen LogP contribution in [-0.4, -0.2) is 263 Å². The lowest BCUT2D eigenvalue weighted by Crippen LogP contribution is -2.63. The molecule has 0 aromatic heterocycles. The molecule has 92 heavy (non-hydrogen) atoms. The summed E-state index contributed by atoms with van der Waals surface area (Å²) in [5.41, 5.74) is 0. The van der Waals surface area contributed by atoms with Crippen molar-refractivity contribution in [3.8, 4) is 0 Å². The second-order valence-corrected chi connectivity index (χ2v) is 27.0. The highest BCUT2D eigenvalue weighted by Crippen LogP contribution is 2.26. The Balaban J connectivity index is 4.40. The van der Waals surface area contributed by atoms with Gasteiger partial charge in [-0.2, -0.15) is 0 Å². The van der Waals surface area contributed by atoms with Crippen LogP contribution in [0.15, 0.2) is 12.2 Å². The van der Waals surface area contributed by atoms with E-state index in [0.717, 1.165) is 14.7 Å². The number of hydrogen-bond acceptors (Lipinski definition) is 15. The largest absolute Gasteiger partial charge is 0.390 e. The third-order valence-electron chi connectivity index (χ3n) is 17.0. The molecular weight excluding hydrogens is 1190 g/mol. The van der Waals surface area contributed by atoms with Gasteiger partial charge in [0.05, 0.1) is 18.8 Å². The topological polar surface area (TPSA) is 329 Å². The van der Waals surface area contributed by atoms with Crippen molar-refractivity contribution in [1.29, 1.82) is 0 Å². The molecule has 1 heterocycles. The van der Waals surface area contributed by atoms with Gasteiger partial charge in [-0.1, -0.05) is 95.2 Å². The molecule has 0 radical (unpaired) electrons. The number of ether oxygens (including phenoxy) is 1. The first-order chi connectivity index (χ1) is 42.5. The van der Waals surface area contributed by atoms with E-state index in [-0.39, 0.29) is 69.3 Å². The van der Waals surface area contributed by atoms with Crippen LogP contribution in [0.2, 0.25) is 0 Å². The first-order valence-electron chi connectivity index (χ1n) is 32.5. The number of nitrogens with zero attached hydrogens (tertiary/aromatic N) is 8. The van der Waals surface area contributed by atoms with Crippen LogP contribution < -0.4 is 21.3 Å². The highest BCUT2D eigenvalue weighted by Gasteiger charge is 2.46. The minimum absolute atomic E-state index is 0.0405. The summed E-state index contributed by atoms with van der Waals surface area (Å²) in [7, 11) is 10.8. The Morgan fingerprint density at radius 2 is 1.03 bits per heavy atom. The molecule has 0 aromatic carbocycles. The molecule has 0 spiro atoms. The molecule has 0 bridgehead atoms. The summed E-state index contributed by atoms with van der Waals surface area (Å²) in [5, 5.41) is 33.0. The third-order valence-corrected chi connectivity index (χ3v) is 17.0. The van der Waals surface area contributed by atoms with E-state index in [0.29, 0.717) is 5.06 Å². The number of hydroxylamine groups is 2. The molecular formula is C65H116N12O15. The van der Waals surface area contributed by atoms with E-state index < -0.39 is 168 Å². The summed E-state index contributed by atoms with van der Waals surface area (Å²) in [6.45, 7) is 26.4. The van der Waals surface area contributed by atoms with Gasteiger partial charge in [-0.15, -0.1) is 0 Å². The highest BCUT2D eigenvalue weighted by atomic mass is 16.5. The fourth-order valence-corrected chi connectivity index (χ4v) is 11.2. The monoisotopic (exact) mass is 1300 g/mol. The standard InChI is InChI=1S/C65H116N12O15/c1-25-27-29-41(13)55(80)54-59(84)68-45(26-2)61(86)70(17)35-50(79)74(21)53(44(16)92-31-28-30-49(78)77(24)91)58(83)69-51(39(9)10)64(89)71(18)46(32-36(3)4)57(82)66-42(14)56(81)67-43(15)60(85)72(19)47(33-37(5)6)62(87)73(20)48(34-38(7)8)63(88)75(22)52(40(11)12)65(90)76(54)23/h25,27,36-48,51-55,80,91H,26,28-35H2,1-24H3,(H,66,82)(H,67,81)(H,68,84)(H,69,83)/b27-25+/t41-,42+,43-,44-,45+,46+,47+,48+,51+,52+,53+,54-,55-/m1/s1. The second-order valence-electron chi connectivity index (χ2n) is 27.0. The van der Waals surface area contributed by atoms with Gasteiger partial charge in [-0.25, -0.2) is 5.06 Å². The first-order valence-corrected chi connectivity index (χ1v) is 32.5. The summed E-state index contributed by atoms with van der Waals surface area (Å²) in [4.78, 5) is 182. The van der Waals surface area contributed by atoms with Crippen molar-refractivity contribution in [3.63, 3.8) is 0 Å². The molecule has 1 aliphatic heterocycles. The Kier molecular flexibility index (Phi) is 34.8. The molecule has 0 aliphatic carbocycles. The molecule has 27 nitrogen and oxygen atoms in total. The zero-order chi connectivity index (χ0) is 71.3. The van der Waals surface area contributed by atoms with Gasteiger partial charge in [0.1, 0.15) is 60.4 Å². The molecule has 0 unspecified atom stereocenters. The molecule has 0 saturated carbocycles. The van der Waals surface area contributed by atoms with Crippen molar-refractivity contribution in [3.05, 3.63) is 12.2 Å². The number of likely N-dealkylation sites (N-methyl/N-ethyl adjacent to an activating group) is 7. The Bertz CT molecular complexity index is 2540. The minimum atomic E-state index is -1.66. The first kappa shape index (κ1) is 83.3. The van der Waals surface area contributed by atoms with Gasteiger partial charge in [-0.3, -0.25) is 62.7 Å². The molecule has 6 N–H and O–H groups in total. The number of nitrogens with one attached hydrogen (secondary N) is 4. The van der Waals surface area contributed by atoms with Crippen molar-refractivity contribution in [2.45, 2.75) is 228 Å². The minimum Gasteiger partial charge on any atom is -0.390 e. The maximum absolute atomic E-state index is 15.2. The fraction of sp³-hybridized carbons (Fsp3) is 0.785. The van der Waals surface area contributed by atoms with E-state index in [1.807, 2.05) is 41.5 Å². The van der Waals surface area contributed by atoms with Gasteiger partial charge in [0.15, 0.2) is 0 Å². The van der Waals surface area contributed by atoms with Crippen LogP contribution >= 0.6 is 0 Å². The smallest absolute Gasteiger partial charge is 0.246 e. The number of carbonyl (C=O) groups excluding carboxylic acids is 12. The summed E-state index contributed by atoms with van der Waals surface area (Å²) >= 11 is 0. The zero-order valence-electron chi connectivity index (χ0n) is 59.7. The van der Waals surface area contributed by atoms with E-state index in [1.165, 1.54) is 96.8 Å². The molecule has 526 valence electrons. The van der Waals surface area contributed by atoms with E-state index in [4.69, 9.17) is 4.74 Å². The maximum atomic E-state index is 15.2. The van der Waals surface area contributed by atoms with Gasteiger partial charge in [0.25, 0.3) is 0 Å². The van der Waals surface area contributed by atoms with Crippen LogP contribution in [0.1, 0.15) is 156 Å². The van der Waals surface area contributed by atoms with Crippen LogP contribution in [0.3, 0.4) is 0 Å². The Labute approximate surface area is 547 Å². The normalized spacial score (nSPS) is 26.0. The predicted octanol–water partition coefficient (Wildman–Crippen LogP) is 2.26. The lowest BCUT2D eigenvalue weighted by molar-refractivity contribution is -0.160. The quantitative estimate of drug-likeness (QED) is 0.0468. The van der Waals surface area contributed by atoms with Crippen LogP contribution in [-0.2, 0) is 62.3 Å². The number of aliphatic hydroxyl groups excluding tert-OH is 1. The number of carbonyl (C=O) groups is 12. The third kappa shape index (κ3) is 23.7. The molecule has 27 heteroatoms. The average Bonchev–Trinajstić information content (AvgIpc) is 0.841. The van der Waals surface area contributed by atoms with Crippen LogP contribution in [0.4, 0.5) is 0 Å². The number of hydrogen-bond donors (Lipinski definition) is 6. The van der Waals surface area contributed by atoms with Crippen molar-refractivity contribution < 1.29 is 72.6 Å². The summed E-state index contributed by atoms with van der Waals surface area (Å²) in [6.07, 6.45) is 1.41. The summed E-state index contributed by atoms with van der Waals surface area (Å²) in [5.74, 6) is -11.3. The average molecular weight is 1310 g/mol. The van der Waals surface area contributed by atoms with Crippen molar-refractivity contribution >= 4 is 70.9 Å². The molecule has 1 rings (SSSR count). The Morgan fingerprint density at radius 1 is 0.565 bits per heavy atom. The maximum Gasteiger partial charge on any atom is 0.246 e. The molecule has 13 atom stereocenters. The summed E-state index contributed by atoms with van der Waals surface area (Å²) < 4.78 is 6.05. The van der Waals surface area contributed by atoms with Gasteiger partial charge < -0.3 is 65.4 Å². The van der Waals surface area contributed by atoms with Crippen molar-refractivity contribution in [2.75, 3.05) is 69.5 Å². The second kappa shape index (κ2) is 38.4.